The minimum absolute atomic E-state index is 0. The SMILES string of the molecule is CN(C)CCN=C(N)C1COc2ccccc2O1.Cl.O. The number of likely N-dealkylation sites (N-methyl/N-ethyl adjacent to an activating group) is 1. The van der Waals surface area contributed by atoms with E-state index < -0.39 is 0 Å². The molecule has 0 fully saturated rings. The Bertz CT molecular complexity index is 441. The van der Waals surface area contributed by atoms with Crippen LogP contribution in [0.5, 0.6) is 11.5 Å². The summed E-state index contributed by atoms with van der Waals surface area (Å²) in [5.41, 5.74) is 5.92. The van der Waals surface area contributed by atoms with Crippen molar-refractivity contribution in [2.24, 2.45) is 10.7 Å². The van der Waals surface area contributed by atoms with Gasteiger partial charge in [0, 0.05) is 6.54 Å². The number of fused-ring (bicyclic) bond motifs is 1. The Kier molecular flexibility index (Phi) is 7.98. The average molecular weight is 304 g/mol. The summed E-state index contributed by atoms with van der Waals surface area (Å²) < 4.78 is 11.3. The lowest BCUT2D eigenvalue weighted by Crippen LogP contribution is -2.41. The van der Waals surface area contributed by atoms with Crippen molar-refractivity contribution in [3.05, 3.63) is 24.3 Å². The Morgan fingerprint density at radius 2 is 2.00 bits per heavy atom. The van der Waals surface area contributed by atoms with Crippen molar-refractivity contribution in [3.63, 3.8) is 0 Å². The standard InChI is InChI=1S/C13H19N3O2.ClH.H2O/c1-16(2)8-7-15-13(14)12-9-17-10-5-3-4-6-11(10)18-12;;/h3-6,12H,7-9H2,1-2H3,(H2,14,15);1H;1H2. The first-order chi connectivity index (χ1) is 8.66. The third-order valence-electron chi connectivity index (χ3n) is 2.68. The highest BCUT2D eigenvalue weighted by Gasteiger charge is 2.23. The number of benzene rings is 1. The molecule has 0 bridgehead atoms. The van der Waals surface area contributed by atoms with Crippen LogP contribution in [0.25, 0.3) is 0 Å². The van der Waals surface area contributed by atoms with E-state index in [1.807, 2.05) is 38.4 Å². The largest absolute Gasteiger partial charge is 0.485 e. The quantitative estimate of drug-likeness (QED) is 0.641. The van der Waals surface area contributed by atoms with Crippen molar-refractivity contribution in [2.75, 3.05) is 33.8 Å². The molecule has 4 N–H and O–H groups in total. The molecule has 1 aromatic rings. The Morgan fingerprint density at radius 1 is 1.35 bits per heavy atom. The molecule has 1 aliphatic heterocycles. The van der Waals surface area contributed by atoms with E-state index in [2.05, 4.69) is 9.89 Å². The normalized spacial score (nSPS) is 17.1. The highest BCUT2D eigenvalue weighted by Crippen LogP contribution is 2.30. The second-order valence-corrected chi connectivity index (χ2v) is 4.47. The first-order valence-electron chi connectivity index (χ1n) is 6.00. The van der Waals surface area contributed by atoms with Gasteiger partial charge in [-0.25, -0.2) is 0 Å². The lowest BCUT2D eigenvalue weighted by molar-refractivity contribution is 0.134. The maximum Gasteiger partial charge on any atom is 0.189 e. The summed E-state index contributed by atoms with van der Waals surface area (Å²) in [6.07, 6.45) is -0.290. The lowest BCUT2D eigenvalue weighted by atomic mass is 10.2. The van der Waals surface area contributed by atoms with Crippen LogP contribution in [0, 0.1) is 0 Å². The van der Waals surface area contributed by atoms with E-state index in [4.69, 9.17) is 15.2 Å². The maximum absolute atomic E-state index is 5.92. The number of aliphatic imine (C=N–C) groups is 1. The molecule has 1 aromatic carbocycles. The molecule has 0 saturated heterocycles. The molecular weight excluding hydrogens is 282 g/mol. The molecule has 6 nitrogen and oxygen atoms in total. The minimum Gasteiger partial charge on any atom is -0.485 e. The van der Waals surface area contributed by atoms with E-state index >= 15 is 0 Å². The molecule has 0 saturated carbocycles. The topological polar surface area (TPSA) is 91.6 Å². The van der Waals surface area contributed by atoms with Crippen molar-refractivity contribution in [2.45, 2.75) is 6.10 Å². The van der Waals surface area contributed by atoms with Gasteiger partial charge in [-0.1, -0.05) is 12.1 Å². The Balaban J connectivity index is 0.00000180. The number of halogens is 1. The molecule has 0 aliphatic carbocycles. The maximum atomic E-state index is 5.92. The summed E-state index contributed by atoms with van der Waals surface area (Å²) in [6, 6.07) is 7.57. The number of ether oxygens (including phenoxy) is 2. The fourth-order valence-electron chi connectivity index (χ4n) is 1.65. The summed E-state index contributed by atoms with van der Waals surface area (Å²) >= 11 is 0. The summed E-state index contributed by atoms with van der Waals surface area (Å²) in [5.74, 6) is 1.97. The van der Waals surface area contributed by atoms with Crippen molar-refractivity contribution in [1.29, 1.82) is 0 Å². The van der Waals surface area contributed by atoms with Crippen molar-refractivity contribution in [1.82, 2.24) is 4.90 Å². The summed E-state index contributed by atoms with van der Waals surface area (Å²) in [7, 11) is 4.00. The molecule has 20 heavy (non-hydrogen) atoms. The average Bonchev–Trinajstić information content (AvgIpc) is 2.37. The highest BCUT2D eigenvalue weighted by atomic mass is 35.5. The van der Waals surface area contributed by atoms with Gasteiger partial charge in [0.05, 0.1) is 6.54 Å². The first kappa shape index (κ1) is 18.5. The summed E-state index contributed by atoms with van der Waals surface area (Å²) in [6.45, 7) is 1.94. The zero-order valence-electron chi connectivity index (χ0n) is 11.7. The van der Waals surface area contributed by atoms with Gasteiger partial charge >= 0.3 is 0 Å². The van der Waals surface area contributed by atoms with Crippen molar-refractivity contribution in [3.8, 4) is 11.5 Å². The molecule has 114 valence electrons. The minimum atomic E-state index is -0.290. The number of rotatable bonds is 4. The molecule has 1 unspecified atom stereocenters. The monoisotopic (exact) mass is 303 g/mol. The van der Waals surface area contributed by atoms with E-state index in [9.17, 15) is 0 Å². The molecule has 1 atom stereocenters. The van der Waals surface area contributed by atoms with Crippen LogP contribution in [0.3, 0.4) is 0 Å². The van der Waals surface area contributed by atoms with E-state index in [1.165, 1.54) is 0 Å². The van der Waals surface area contributed by atoms with Crippen LogP contribution in [0.4, 0.5) is 0 Å². The third kappa shape index (κ3) is 4.88. The lowest BCUT2D eigenvalue weighted by Gasteiger charge is -2.26. The van der Waals surface area contributed by atoms with Gasteiger partial charge in [0.25, 0.3) is 0 Å². The molecule has 1 heterocycles. The first-order valence-corrected chi connectivity index (χ1v) is 6.00. The van der Waals surface area contributed by atoms with Gasteiger partial charge in [-0.15, -0.1) is 12.4 Å². The number of para-hydroxylation sites is 2. The van der Waals surface area contributed by atoms with Crippen molar-refractivity contribution >= 4 is 18.2 Å². The van der Waals surface area contributed by atoms with Gasteiger partial charge in [-0.2, -0.15) is 0 Å². The zero-order valence-corrected chi connectivity index (χ0v) is 12.5. The molecule has 0 radical (unpaired) electrons. The van der Waals surface area contributed by atoms with E-state index in [0.29, 0.717) is 19.0 Å². The van der Waals surface area contributed by atoms with Crippen LogP contribution in [-0.2, 0) is 0 Å². The summed E-state index contributed by atoms with van der Waals surface area (Å²) in [4.78, 5) is 6.37. The number of nitrogens with two attached hydrogens (primary N) is 1. The molecule has 1 aliphatic rings. The number of hydrogen-bond acceptors (Lipinski definition) is 4. The van der Waals surface area contributed by atoms with Crippen LogP contribution in [0.2, 0.25) is 0 Å². The van der Waals surface area contributed by atoms with Crippen LogP contribution in [0.15, 0.2) is 29.3 Å². The summed E-state index contributed by atoms with van der Waals surface area (Å²) in [5, 5.41) is 0. The van der Waals surface area contributed by atoms with E-state index in [1.54, 1.807) is 0 Å². The van der Waals surface area contributed by atoms with Crippen LogP contribution in [0.1, 0.15) is 0 Å². The second kappa shape index (κ2) is 8.63. The molecule has 0 amide bonds. The predicted molar refractivity (Wildman–Crippen MR) is 82.3 cm³/mol. The van der Waals surface area contributed by atoms with E-state index in [-0.39, 0.29) is 24.0 Å². The van der Waals surface area contributed by atoms with Crippen molar-refractivity contribution < 1.29 is 14.9 Å². The number of amidine groups is 1. The van der Waals surface area contributed by atoms with Gasteiger partial charge in [0.15, 0.2) is 17.6 Å². The predicted octanol–water partition coefficient (Wildman–Crippen LogP) is 0.342. The molecule has 0 spiro atoms. The Hall–Kier alpha value is -1.50. The van der Waals surface area contributed by atoms with Crippen LogP contribution in [-0.4, -0.2) is 56.1 Å². The highest BCUT2D eigenvalue weighted by molar-refractivity contribution is 5.86. The Labute approximate surface area is 125 Å². The fourth-order valence-corrected chi connectivity index (χ4v) is 1.65. The van der Waals surface area contributed by atoms with E-state index in [0.717, 1.165) is 18.0 Å². The molecule has 0 aromatic heterocycles. The molecular formula is C13H22ClN3O3. The van der Waals surface area contributed by atoms with Gasteiger partial charge in [-0.05, 0) is 26.2 Å². The van der Waals surface area contributed by atoms with Gasteiger partial charge in [0.2, 0.25) is 0 Å². The molecule has 7 heteroatoms. The third-order valence-corrected chi connectivity index (χ3v) is 2.68. The van der Waals surface area contributed by atoms with Gasteiger partial charge < -0.3 is 25.6 Å². The number of nitrogens with zero attached hydrogens (tertiary/aromatic N) is 2. The second-order valence-electron chi connectivity index (χ2n) is 4.47. The van der Waals surface area contributed by atoms with Crippen LogP contribution < -0.4 is 15.2 Å². The molecule has 2 rings (SSSR count). The van der Waals surface area contributed by atoms with Gasteiger partial charge in [-0.3, -0.25) is 4.99 Å². The van der Waals surface area contributed by atoms with Gasteiger partial charge in [0.1, 0.15) is 12.4 Å². The zero-order chi connectivity index (χ0) is 13.0. The van der Waals surface area contributed by atoms with Crippen LogP contribution >= 0.6 is 12.4 Å². The Morgan fingerprint density at radius 3 is 2.65 bits per heavy atom. The smallest absolute Gasteiger partial charge is 0.189 e. The number of hydrogen-bond donors (Lipinski definition) is 1. The fraction of sp³-hybridized carbons (Fsp3) is 0.462.